The van der Waals surface area contributed by atoms with Crippen molar-refractivity contribution in [1.29, 1.82) is 0 Å². The van der Waals surface area contributed by atoms with Crippen molar-refractivity contribution in [3.63, 3.8) is 0 Å². The summed E-state index contributed by atoms with van der Waals surface area (Å²) in [7, 11) is 1.39. The van der Waals surface area contributed by atoms with Gasteiger partial charge in [-0.05, 0) is 12.5 Å². The van der Waals surface area contributed by atoms with Gasteiger partial charge < -0.3 is 15.2 Å². The Morgan fingerprint density at radius 1 is 1.33 bits per heavy atom. The summed E-state index contributed by atoms with van der Waals surface area (Å²) in [4.78, 5) is 22.8. The minimum Gasteiger partial charge on any atom is -0.480 e. The van der Waals surface area contributed by atoms with Crippen LogP contribution in [-0.4, -0.2) is 36.7 Å². The molecule has 5 heteroatoms. The van der Waals surface area contributed by atoms with Crippen LogP contribution < -0.4 is 5.32 Å². The number of benzene rings is 1. The number of nitrogens with one attached hydrogen (secondary N) is 1. The van der Waals surface area contributed by atoms with Crippen LogP contribution in [0.15, 0.2) is 30.3 Å². The molecule has 2 N–H and O–H groups in total. The maximum Gasteiger partial charge on any atom is 0.328 e. The van der Waals surface area contributed by atoms with Gasteiger partial charge in [0.05, 0.1) is 12.5 Å². The Kier molecular flexibility index (Phi) is 5.32. The van der Waals surface area contributed by atoms with Crippen LogP contribution in [0, 0.1) is 0 Å². The SMILES string of the molecule is COC[C@H](NC(=O)C(C)c1ccccc1)C(=O)O. The van der Waals surface area contributed by atoms with E-state index in [4.69, 9.17) is 9.84 Å². The minimum atomic E-state index is -1.11. The number of hydrogen-bond donors (Lipinski definition) is 2. The maximum absolute atomic E-state index is 11.9. The summed E-state index contributed by atoms with van der Waals surface area (Å²) in [5, 5.41) is 11.4. The van der Waals surface area contributed by atoms with Crippen LogP contribution in [0.3, 0.4) is 0 Å². The summed E-state index contributed by atoms with van der Waals surface area (Å²) in [6.07, 6.45) is 0. The van der Waals surface area contributed by atoms with E-state index in [1.165, 1.54) is 7.11 Å². The largest absolute Gasteiger partial charge is 0.480 e. The molecule has 0 bridgehead atoms. The smallest absolute Gasteiger partial charge is 0.328 e. The molecule has 1 aromatic carbocycles. The number of carboxylic acids is 1. The highest BCUT2D eigenvalue weighted by molar-refractivity contribution is 5.87. The topological polar surface area (TPSA) is 75.6 Å². The van der Waals surface area contributed by atoms with Crippen molar-refractivity contribution < 1.29 is 19.4 Å². The number of methoxy groups -OCH3 is 1. The first kappa shape index (κ1) is 14.2. The summed E-state index contributed by atoms with van der Waals surface area (Å²) in [5.74, 6) is -1.83. The van der Waals surface area contributed by atoms with Gasteiger partial charge in [0.2, 0.25) is 5.91 Å². The van der Waals surface area contributed by atoms with Crippen molar-refractivity contribution in [2.45, 2.75) is 18.9 Å². The molecule has 18 heavy (non-hydrogen) atoms. The highest BCUT2D eigenvalue weighted by Crippen LogP contribution is 2.14. The maximum atomic E-state index is 11.9. The van der Waals surface area contributed by atoms with Crippen molar-refractivity contribution >= 4 is 11.9 Å². The predicted molar refractivity (Wildman–Crippen MR) is 66.3 cm³/mol. The fraction of sp³-hybridized carbons (Fsp3) is 0.385. The van der Waals surface area contributed by atoms with Crippen LogP contribution in [0.4, 0.5) is 0 Å². The summed E-state index contributed by atoms with van der Waals surface area (Å²) < 4.78 is 4.76. The number of ether oxygens (including phenoxy) is 1. The third-order valence-electron chi connectivity index (χ3n) is 2.64. The van der Waals surface area contributed by atoms with Gasteiger partial charge in [-0.25, -0.2) is 4.79 Å². The lowest BCUT2D eigenvalue weighted by molar-refractivity contribution is -0.143. The van der Waals surface area contributed by atoms with E-state index in [1.807, 2.05) is 30.3 Å². The van der Waals surface area contributed by atoms with Gasteiger partial charge in [-0.3, -0.25) is 4.79 Å². The number of hydrogen-bond acceptors (Lipinski definition) is 3. The zero-order chi connectivity index (χ0) is 13.5. The molecule has 98 valence electrons. The van der Waals surface area contributed by atoms with E-state index in [9.17, 15) is 9.59 Å². The first-order chi connectivity index (χ1) is 8.56. The number of aliphatic carboxylic acids is 1. The van der Waals surface area contributed by atoms with Crippen LogP contribution >= 0.6 is 0 Å². The molecule has 0 aliphatic heterocycles. The Bertz CT molecular complexity index is 405. The van der Waals surface area contributed by atoms with E-state index in [0.29, 0.717) is 0 Å². The average molecular weight is 251 g/mol. The molecule has 0 aliphatic carbocycles. The van der Waals surface area contributed by atoms with E-state index >= 15 is 0 Å². The first-order valence-corrected chi connectivity index (χ1v) is 5.63. The molecule has 0 saturated heterocycles. The molecule has 0 spiro atoms. The molecule has 1 rings (SSSR count). The lowest BCUT2D eigenvalue weighted by Gasteiger charge is -2.17. The zero-order valence-electron chi connectivity index (χ0n) is 10.4. The molecule has 0 radical (unpaired) electrons. The molecule has 0 aromatic heterocycles. The third kappa shape index (κ3) is 3.85. The van der Waals surface area contributed by atoms with Gasteiger partial charge in [0.15, 0.2) is 6.04 Å². The molecule has 5 nitrogen and oxygen atoms in total. The van der Waals surface area contributed by atoms with Gasteiger partial charge >= 0.3 is 5.97 Å². The Morgan fingerprint density at radius 2 is 1.94 bits per heavy atom. The minimum absolute atomic E-state index is 0.0530. The van der Waals surface area contributed by atoms with Gasteiger partial charge in [0.25, 0.3) is 0 Å². The molecular weight excluding hydrogens is 234 g/mol. The summed E-state index contributed by atoms with van der Waals surface area (Å²) in [6.45, 7) is 1.68. The van der Waals surface area contributed by atoms with Crippen LogP contribution in [-0.2, 0) is 14.3 Å². The Morgan fingerprint density at radius 3 is 2.44 bits per heavy atom. The first-order valence-electron chi connectivity index (χ1n) is 5.63. The van der Waals surface area contributed by atoms with E-state index in [1.54, 1.807) is 6.92 Å². The second-order valence-electron chi connectivity index (χ2n) is 3.99. The summed E-state index contributed by atoms with van der Waals surface area (Å²) in [6, 6.07) is 8.17. The number of amides is 1. The Balaban J connectivity index is 2.67. The quantitative estimate of drug-likeness (QED) is 0.791. The number of carbonyl (C=O) groups excluding carboxylic acids is 1. The van der Waals surface area contributed by atoms with Crippen LogP contribution in [0.2, 0.25) is 0 Å². The molecule has 1 unspecified atom stereocenters. The Labute approximate surface area is 106 Å². The lowest BCUT2D eigenvalue weighted by atomic mass is 10.0. The van der Waals surface area contributed by atoms with Gasteiger partial charge in [-0.2, -0.15) is 0 Å². The molecule has 1 amide bonds. The zero-order valence-corrected chi connectivity index (χ0v) is 10.4. The fourth-order valence-corrected chi connectivity index (χ4v) is 1.53. The standard InChI is InChI=1S/C13H17NO4/c1-9(10-6-4-3-5-7-10)12(15)14-11(8-18-2)13(16)17/h3-7,9,11H,8H2,1-2H3,(H,14,15)(H,16,17)/t9?,11-/m0/s1. The Hall–Kier alpha value is -1.88. The van der Waals surface area contributed by atoms with Crippen molar-refractivity contribution in [2.24, 2.45) is 0 Å². The van der Waals surface area contributed by atoms with Gasteiger partial charge in [0, 0.05) is 7.11 Å². The van der Waals surface area contributed by atoms with Crippen molar-refractivity contribution in [3.8, 4) is 0 Å². The van der Waals surface area contributed by atoms with E-state index in [0.717, 1.165) is 5.56 Å². The van der Waals surface area contributed by atoms with Crippen molar-refractivity contribution in [2.75, 3.05) is 13.7 Å². The summed E-state index contributed by atoms with van der Waals surface area (Å²) in [5.41, 5.74) is 0.844. The molecule has 1 aromatic rings. The highest BCUT2D eigenvalue weighted by Gasteiger charge is 2.23. The molecule has 0 fully saturated rings. The van der Waals surface area contributed by atoms with E-state index in [2.05, 4.69) is 5.32 Å². The molecule has 0 saturated carbocycles. The van der Waals surface area contributed by atoms with E-state index in [-0.39, 0.29) is 12.5 Å². The normalized spacial score (nSPS) is 13.7. The molecular formula is C13H17NO4. The average Bonchev–Trinajstić information content (AvgIpc) is 2.38. The van der Waals surface area contributed by atoms with Crippen molar-refractivity contribution in [1.82, 2.24) is 5.32 Å². The second-order valence-corrected chi connectivity index (χ2v) is 3.99. The van der Waals surface area contributed by atoms with Gasteiger partial charge in [0.1, 0.15) is 0 Å². The van der Waals surface area contributed by atoms with E-state index < -0.39 is 17.9 Å². The molecule has 2 atom stereocenters. The van der Waals surface area contributed by atoms with Crippen LogP contribution in [0.1, 0.15) is 18.4 Å². The number of rotatable bonds is 6. The van der Waals surface area contributed by atoms with Crippen LogP contribution in [0.25, 0.3) is 0 Å². The highest BCUT2D eigenvalue weighted by atomic mass is 16.5. The van der Waals surface area contributed by atoms with Crippen LogP contribution in [0.5, 0.6) is 0 Å². The van der Waals surface area contributed by atoms with Gasteiger partial charge in [-0.15, -0.1) is 0 Å². The lowest BCUT2D eigenvalue weighted by Crippen LogP contribution is -2.45. The fourth-order valence-electron chi connectivity index (χ4n) is 1.53. The van der Waals surface area contributed by atoms with Gasteiger partial charge in [-0.1, -0.05) is 30.3 Å². The summed E-state index contributed by atoms with van der Waals surface area (Å²) >= 11 is 0. The van der Waals surface area contributed by atoms with Crippen molar-refractivity contribution in [3.05, 3.63) is 35.9 Å². The number of carboxylic acid groups (broad SMARTS) is 1. The predicted octanol–water partition coefficient (Wildman–Crippen LogP) is 1.01. The third-order valence-corrected chi connectivity index (χ3v) is 2.64. The molecule has 0 heterocycles. The second kappa shape index (κ2) is 6.76. The number of carbonyl (C=O) groups is 2. The monoisotopic (exact) mass is 251 g/mol. The molecule has 0 aliphatic rings.